The molecule has 0 unspecified atom stereocenters. The second-order valence-electron chi connectivity index (χ2n) is 4.43. The molecule has 0 aliphatic heterocycles. The minimum absolute atomic E-state index is 0.0443. The van der Waals surface area contributed by atoms with Gasteiger partial charge in [-0.1, -0.05) is 23.9 Å². The summed E-state index contributed by atoms with van der Waals surface area (Å²) in [5.74, 6) is 0.0274. The minimum atomic E-state index is -4.57. The normalized spacial score (nSPS) is 11.1. The predicted octanol–water partition coefficient (Wildman–Crippen LogP) is 3.76. The van der Waals surface area contributed by atoms with Crippen LogP contribution in [0.1, 0.15) is 5.56 Å². The topological polar surface area (TPSA) is 95.9 Å². The van der Waals surface area contributed by atoms with Crippen LogP contribution < -0.4 is 9.84 Å². The van der Waals surface area contributed by atoms with E-state index in [1.54, 1.807) is 12.1 Å². The van der Waals surface area contributed by atoms with Crippen LogP contribution in [0.3, 0.4) is 0 Å². The molecule has 2 rings (SSSR count). The van der Waals surface area contributed by atoms with Gasteiger partial charge in [-0.05, 0) is 42.0 Å². The highest BCUT2D eigenvalue weighted by Crippen LogP contribution is 2.37. The van der Waals surface area contributed by atoms with Crippen LogP contribution in [-0.2, 0) is 10.3 Å². The zero-order valence-electron chi connectivity index (χ0n) is 11.7. The van der Waals surface area contributed by atoms with Crippen molar-refractivity contribution in [1.82, 2.24) is 0 Å². The molecule has 0 fully saturated rings. The fraction of sp³-hybridized carbons (Fsp3) is 0.0714. The van der Waals surface area contributed by atoms with Gasteiger partial charge >= 0.3 is 7.82 Å². The van der Waals surface area contributed by atoms with Gasteiger partial charge < -0.3 is 9.84 Å². The Morgan fingerprint density at radius 3 is 2.30 bits per heavy atom. The van der Waals surface area contributed by atoms with Crippen molar-refractivity contribution < 1.29 is 28.1 Å². The van der Waals surface area contributed by atoms with Gasteiger partial charge in [-0.15, -0.1) is 0 Å². The van der Waals surface area contributed by atoms with Crippen LogP contribution in [0, 0.1) is 5.82 Å². The maximum Gasteiger partial charge on any atom is 0.524 e. The number of carbonyl (C=O) groups excluding carboxylic acids is 1. The third kappa shape index (κ3) is 6.42. The largest absolute Gasteiger partial charge is 0.524 e. The van der Waals surface area contributed by atoms with Gasteiger partial charge in [-0.25, -0.2) is 8.96 Å². The number of rotatable bonds is 5. The highest BCUT2D eigenvalue weighted by atomic mass is 32.2. The van der Waals surface area contributed by atoms with E-state index in [-0.39, 0.29) is 16.8 Å². The lowest BCUT2D eigenvalue weighted by atomic mass is 10.2. The number of carbonyl (C=O) groups is 1. The van der Waals surface area contributed by atoms with Crippen molar-refractivity contribution in [3.63, 3.8) is 0 Å². The summed E-state index contributed by atoms with van der Waals surface area (Å²) in [6.45, 7) is 0. The standard InChI is InChI=1S/C14H13FNO5PS/c15-11-3-5-12(6-4-11)16-14(17)23-9-10-1-7-13(8-2-10)21-22(18,19)20/h1-8H,9H2,(H,16,17)(H2,18,19,20). The Balaban J connectivity index is 1.84. The molecule has 122 valence electrons. The molecule has 0 heterocycles. The van der Waals surface area contributed by atoms with Crippen LogP contribution in [-0.4, -0.2) is 15.0 Å². The van der Waals surface area contributed by atoms with Gasteiger partial charge in [0.05, 0.1) is 0 Å². The van der Waals surface area contributed by atoms with Crippen LogP contribution in [0.2, 0.25) is 0 Å². The number of hydrogen-bond donors (Lipinski definition) is 3. The number of thioether (sulfide) groups is 1. The molecule has 2 aromatic carbocycles. The number of halogens is 1. The van der Waals surface area contributed by atoms with E-state index in [1.165, 1.54) is 36.4 Å². The van der Waals surface area contributed by atoms with Crippen molar-refractivity contribution in [1.29, 1.82) is 0 Å². The summed E-state index contributed by atoms with van der Waals surface area (Å²) in [6, 6.07) is 11.4. The quantitative estimate of drug-likeness (QED) is 0.705. The average molecular weight is 357 g/mol. The number of anilines is 1. The minimum Gasteiger partial charge on any atom is -0.404 e. The maximum absolute atomic E-state index is 12.8. The molecule has 2 aromatic rings. The monoisotopic (exact) mass is 357 g/mol. The van der Waals surface area contributed by atoms with Gasteiger partial charge in [0.25, 0.3) is 5.24 Å². The molecule has 0 bridgehead atoms. The lowest BCUT2D eigenvalue weighted by Crippen LogP contribution is -2.05. The number of phosphoric acid groups is 1. The fourth-order valence-electron chi connectivity index (χ4n) is 1.62. The number of amides is 1. The van der Waals surface area contributed by atoms with Gasteiger partial charge in [0, 0.05) is 11.4 Å². The summed E-state index contributed by atoms with van der Waals surface area (Å²) in [5, 5.41) is 2.31. The van der Waals surface area contributed by atoms with Crippen molar-refractivity contribution in [3.05, 3.63) is 59.9 Å². The molecule has 23 heavy (non-hydrogen) atoms. The molecular weight excluding hydrogens is 344 g/mol. The number of phosphoric ester groups is 1. The van der Waals surface area contributed by atoms with Crippen molar-refractivity contribution >= 4 is 30.5 Å². The molecule has 0 aliphatic carbocycles. The summed E-state index contributed by atoms with van der Waals surface area (Å²) in [6.07, 6.45) is 0. The molecule has 0 radical (unpaired) electrons. The number of benzene rings is 2. The number of hydrogen-bond acceptors (Lipinski definition) is 4. The van der Waals surface area contributed by atoms with Gasteiger partial charge in [-0.3, -0.25) is 14.6 Å². The Morgan fingerprint density at radius 2 is 1.74 bits per heavy atom. The van der Waals surface area contributed by atoms with Crippen LogP contribution in [0.5, 0.6) is 5.75 Å². The molecule has 0 saturated carbocycles. The SMILES string of the molecule is O=C(Nc1ccc(F)cc1)SCc1ccc(OP(=O)(O)O)cc1. The molecule has 0 saturated heterocycles. The van der Waals surface area contributed by atoms with Gasteiger partial charge in [0.15, 0.2) is 0 Å². The van der Waals surface area contributed by atoms with E-state index >= 15 is 0 Å². The Kier molecular flexibility index (Phi) is 5.79. The molecule has 0 spiro atoms. The van der Waals surface area contributed by atoms with Crippen molar-refractivity contribution in [2.24, 2.45) is 0 Å². The summed E-state index contributed by atoms with van der Waals surface area (Å²) in [4.78, 5) is 29.1. The van der Waals surface area contributed by atoms with Crippen LogP contribution in [0.15, 0.2) is 48.5 Å². The van der Waals surface area contributed by atoms with E-state index in [1.807, 2.05) is 0 Å². The third-order valence-corrected chi connectivity index (χ3v) is 3.90. The molecular formula is C14H13FNO5PS. The first-order chi connectivity index (χ1) is 10.8. The average Bonchev–Trinajstić information content (AvgIpc) is 2.47. The Bertz CT molecular complexity index is 717. The van der Waals surface area contributed by atoms with Crippen LogP contribution in [0.25, 0.3) is 0 Å². The van der Waals surface area contributed by atoms with E-state index in [2.05, 4.69) is 9.84 Å². The van der Waals surface area contributed by atoms with E-state index in [0.717, 1.165) is 17.3 Å². The fourth-order valence-corrected chi connectivity index (χ4v) is 2.70. The molecule has 1 amide bonds. The molecule has 9 heteroatoms. The predicted molar refractivity (Wildman–Crippen MR) is 85.8 cm³/mol. The first-order valence-corrected chi connectivity index (χ1v) is 8.87. The lowest BCUT2D eigenvalue weighted by Gasteiger charge is -2.07. The smallest absolute Gasteiger partial charge is 0.404 e. The summed E-state index contributed by atoms with van der Waals surface area (Å²) < 4.78 is 27.9. The second-order valence-corrected chi connectivity index (χ2v) is 6.55. The molecule has 6 nitrogen and oxygen atoms in total. The summed E-state index contributed by atoms with van der Waals surface area (Å²) >= 11 is 1.01. The Labute approximate surface area is 135 Å². The zero-order chi connectivity index (χ0) is 16.9. The Morgan fingerprint density at radius 1 is 1.13 bits per heavy atom. The van der Waals surface area contributed by atoms with E-state index in [4.69, 9.17) is 9.79 Å². The van der Waals surface area contributed by atoms with Gasteiger partial charge in [0.2, 0.25) is 0 Å². The molecule has 0 atom stereocenters. The Hall–Kier alpha value is -1.86. The number of nitrogens with one attached hydrogen (secondary N) is 1. The first kappa shape index (κ1) is 17.5. The zero-order valence-corrected chi connectivity index (χ0v) is 13.4. The van der Waals surface area contributed by atoms with E-state index in [0.29, 0.717) is 11.4 Å². The van der Waals surface area contributed by atoms with Crippen molar-refractivity contribution in [2.45, 2.75) is 5.75 Å². The van der Waals surface area contributed by atoms with Gasteiger partial charge in [-0.2, -0.15) is 0 Å². The highest BCUT2D eigenvalue weighted by molar-refractivity contribution is 8.13. The van der Waals surface area contributed by atoms with Crippen molar-refractivity contribution in [3.8, 4) is 5.75 Å². The van der Waals surface area contributed by atoms with Crippen molar-refractivity contribution in [2.75, 3.05) is 5.32 Å². The maximum atomic E-state index is 12.8. The van der Waals surface area contributed by atoms with Crippen LogP contribution >= 0.6 is 19.6 Å². The lowest BCUT2D eigenvalue weighted by molar-refractivity contribution is 0.269. The molecule has 3 N–H and O–H groups in total. The third-order valence-electron chi connectivity index (χ3n) is 2.61. The second kappa shape index (κ2) is 7.61. The summed E-state index contributed by atoms with van der Waals surface area (Å²) in [7, 11) is -4.57. The van der Waals surface area contributed by atoms with E-state index in [9.17, 15) is 13.8 Å². The molecule has 0 aliphatic rings. The summed E-state index contributed by atoms with van der Waals surface area (Å²) in [5.41, 5.74) is 1.27. The molecule has 0 aromatic heterocycles. The van der Waals surface area contributed by atoms with E-state index < -0.39 is 7.82 Å². The van der Waals surface area contributed by atoms with Crippen LogP contribution in [0.4, 0.5) is 14.9 Å². The van der Waals surface area contributed by atoms with Gasteiger partial charge in [0.1, 0.15) is 11.6 Å². The highest BCUT2D eigenvalue weighted by Gasteiger charge is 2.15. The first-order valence-electron chi connectivity index (χ1n) is 6.35.